The van der Waals surface area contributed by atoms with Crippen LogP contribution in [0.2, 0.25) is 0 Å². The number of allylic oxidation sites excluding steroid dienone is 4. The van der Waals surface area contributed by atoms with E-state index in [1.54, 1.807) is 37.4 Å². The summed E-state index contributed by atoms with van der Waals surface area (Å²) in [6.45, 7) is 1.91. The number of Topliss-reactive ketones (excluding diaryl/α,β-unsaturated/α-hetero) is 1. The highest BCUT2D eigenvalue weighted by molar-refractivity contribution is 6.11. The highest BCUT2D eigenvalue weighted by Crippen LogP contribution is 2.22. The van der Waals surface area contributed by atoms with Crippen LogP contribution in [-0.4, -0.2) is 24.7 Å². The molecular formula is C23H24N4O2. The van der Waals surface area contributed by atoms with Gasteiger partial charge in [0.2, 0.25) is 0 Å². The predicted octanol–water partition coefficient (Wildman–Crippen LogP) is 4.06. The monoisotopic (exact) mass is 388 g/mol. The van der Waals surface area contributed by atoms with E-state index in [1.807, 2.05) is 37.3 Å². The van der Waals surface area contributed by atoms with Gasteiger partial charge in [0.15, 0.2) is 11.7 Å². The molecule has 0 saturated carbocycles. The molecule has 0 heterocycles. The summed E-state index contributed by atoms with van der Waals surface area (Å²) in [6, 6.07) is 12.2. The third kappa shape index (κ3) is 4.99. The Balaban J connectivity index is 1.73. The third-order valence-electron chi connectivity index (χ3n) is 4.67. The molecule has 0 aromatic heterocycles. The van der Waals surface area contributed by atoms with Crippen molar-refractivity contribution in [1.29, 1.82) is 0 Å². The second kappa shape index (κ2) is 9.01. The Kier molecular flexibility index (Phi) is 6.24. The number of nitrogens with zero attached hydrogens (tertiary/aromatic N) is 1. The highest BCUT2D eigenvalue weighted by Gasteiger charge is 2.13. The minimum Gasteiger partial charge on any atom is -0.370 e. The Morgan fingerprint density at radius 3 is 2.38 bits per heavy atom. The van der Waals surface area contributed by atoms with Crippen molar-refractivity contribution in [1.82, 2.24) is 0 Å². The summed E-state index contributed by atoms with van der Waals surface area (Å²) in [7, 11) is 1.59. The van der Waals surface area contributed by atoms with Crippen LogP contribution in [0.5, 0.6) is 0 Å². The predicted molar refractivity (Wildman–Crippen MR) is 118 cm³/mol. The van der Waals surface area contributed by atoms with Crippen molar-refractivity contribution in [2.45, 2.75) is 19.8 Å². The summed E-state index contributed by atoms with van der Waals surface area (Å²) in [5.74, 6) is 0.00479. The number of ketones is 1. The van der Waals surface area contributed by atoms with Gasteiger partial charge in [0.25, 0.3) is 5.91 Å². The van der Waals surface area contributed by atoms with Crippen LogP contribution in [0, 0.1) is 6.92 Å². The van der Waals surface area contributed by atoms with Crippen LogP contribution in [0.25, 0.3) is 0 Å². The number of hydrogen-bond donors (Lipinski definition) is 3. The molecule has 0 unspecified atom stereocenters. The Morgan fingerprint density at radius 1 is 1.00 bits per heavy atom. The molecule has 2 aromatic rings. The number of guanidine groups is 1. The van der Waals surface area contributed by atoms with Gasteiger partial charge >= 0.3 is 0 Å². The number of carbonyl (C=O) groups is 2. The quantitative estimate of drug-likeness (QED) is 0.409. The van der Waals surface area contributed by atoms with E-state index in [9.17, 15) is 9.59 Å². The van der Waals surface area contributed by atoms with Gasteiger partial charge in [0.1, 0.15) is 0 Å². The van der Waals surface area contributed by atoms with Crippen molar-refractivity contribution in [3.63, 3.8) is 0 Å². The number of anilines is 2. The number of hydrogen-bond acceptors (Lipinski definition) is 3. The number of carbonyl (C=O) groups excluding carboxylic acids is 2. The number of amides is 1. The maximum atomic E-state index is 12.7. The van der Waals surface area contributed by atoms with Crippen LogP contribution in [0.3, 0.4) is 0 Å². The minimum absolute atomic E-state index is 0.0299. The topological polar surface area (TPSA) is 96.6 Å². The maximum Gasteiger partial charge on any atom is 0.255 e. The van der Waals surface area contributed by atoms with Gasteiger partial charge in [-0.1, -0.05) is 36.4 Å². The fourth-order valence-corrected chi connectivity index (χ4v) is 2.95. The molecule has 0 saturated heterocycles. The highest BCUT2D eigenvalue weighted by atomic mass is 16.1. The van der Waals surface area contributed by atoms with Crippen molar-refractivity contribution in [2.24, 2.45) is 10.7 Å². The molecule has 0 atom stereocenters. The largest absolute Gasteiger partial charge is 0.370 e. The Labute approximate surface area is 170 Å². The normalized spacial score (nSPS) is 13.6. The van der Waals surface area contributed by atoms with Crippen molar-refractivity contribution in [2.75, 3.05) is 17.7 Å². The smallest absolute Gasteiger partial charge is 0.255 e. The molecule has 0 spiro atoms. The molecule has 1 aliphatic carbocycles. The van der Waals surface area contributed by atoms with Crippen LogP contribution in [0.4, 0.5) is 11.4 Å². The standard InChI is InChI=1S/C23H24N4O2/c1-15-8-13-19(26-23(24)25-2)14-20(15)27-22(29)18-11-9-17(10-12-18)21(28)16-6-4-3-5-7-16/h4,6-14H,3,5H2,1-2H3,(H,27,29)(H3,24,25,26). The molecule has 4 N–H and O–H groups in total. The fourth-order valence-electron chi connectivity index (χ4n) is 2.95. The summed E-state index contributed by atoms with van der Waals surface area (Å²) < 4.78 is 0. The zero-order valence-electron chi connectivity index (χ0n) is 16.5. The van der Waals surface area contributed by atoms with Gasteiger partial charge in [0.05, 0.1) is 0 Å². The van der Waals surface area contributed by atoms with Crippen molar-refractivity contribution in [3.05, 3.63) is 83.0 Å². The van der Waals surface area contributed by atoms with Crippen molar-refractivity contribution < 1.29 is 9.59 Å². The summed E-state index contributed by atoms with van der Waals surface area (Å²) in [5.41, 5.74) is 9.74. The minimum atomic E-state index is -0.252. The number of benzene rings is 2. The van der Waals surface area contributed by atoms with Gasteiger partial charge in [-0.15, -0.1) is 0 Å². The van der Waals surface area contributed by atoms with E-state index in [-0.39, 0.29) is 17.6 Å². The fraction of sp³-hybridized carbons (Fsp3) is 0.174. The van der Waals surface area contributed by atoms with Gasteiger partial charge in [0, 0.05) is 35.1 Å². The van der Waals surface area contributed by atoms with Crippen molar-refractivity contribution >= 4 is 29.0 Å². The molecule has 1 aliphatic rings. The Bertz CT molecular complexity index is 1020. The van der Waals surface area contributed by atoms with Gasteiger partial charge in [-0.3, -0.25) is 14.6 Å². The number of nitrogens with one attached hydrogen (secondary N) is 2. The van der Waals surface area contributed by atoms with E-state index in [0.717, 1.165) is 24.1 Å². The van der Waals surface area contributed by atoms with E-state index in [4.69, 9.17) is 5.73 Å². The second-order valence-electron chi connectivity index (χ2n) is 6.76. The number of rotatable bonds is 5. The summed E-state index contributed by atoms with van der Waals surface area (Å²) in [6.07, 6.45) is 7.64. The molecule has 6 nitrogen and oxygen atoms in total. The average molecular weight is 388 g/mol. The van der Waals surface area contributed by atoms with Gasteiger partial charge in [-0.05, 0) is 49.6 Å². The van der Waals surface area contributed by atoms with E-state index in [2.05, 4.69) is 15.6 Å². The van der Waals surface area contributed by atoms with Gasteiger partial charge in [-0.25, -0.2) is 0 Å². The van der Waals surface area contributed by atoms with Crippen LogP contribution in [-0.2, 0) is 0 Å². The average Bonchev–Trinajstić information content (AvgIpc) is 2.76. The molecule has 6 heteroatoms. The first-order valence-electron chi connectivity index (χ1n) is 9.40. The molecule has 2 aromatic carbocycles. The molecular weight excluding hydrogens is 364 g/mol. The van der Waals surface area contributed by atoms with Crippen LogP contribution in [0.15, 0.2) is 71.3 Å². The molecule has 0 fully saturated rings. The van der Waals surface area contributed by atoms with E-state index in [1.165, 1.54) is 0 Å². The van der Waals surface area contributed by atoms with E-state index >= 15 is 0 Å². The molecule has 0 aliphatic heterocycles. The second-order valence-corrected chi connectivity index (χ2v) is 6.76. The molecule has 29 heavy (non-hydrogen) atoms. The maximum absolute atomic E-state index is 12.7. The first-order chi connectivity index (χ1) is 14.0. The number of aryl methyl sites for hydroxylation is 1. The van der Waals surface area contributed by atoms with Crippen LogP contribution in [0.1, 0.15) is 39.1 Å². The lowest BCUT2D eigenvalue weighted by molar-refractivity contribution is 0.101. The molecule has 3 rings (SSSR count). The Morgan fingerprint density at radius 2 is 1.72 bits per heavy atom. The first kappa shape index (κ1) is 20.1. The lowest BCUT2D eigenvalue weighted by Crippen LogP contribution is -2.22. The Hall–Kier alpha value is -3.67. The first-order valence-corrected chi connectivity index (χ1v) is 9.40. The summed E-state index contributed by atoms with van der Waals surface area (Å²) in [5, 5.41) is 5.85. The van der Waals surface area contributed by atoms with Crippen molar-refractivity contribution in [3.8, 4) is 0 Å². The zero-order valence-corrected chi connectivity index (χ0v) is 16.5. The van der Waals surface area contributed by atoms with E-state index < -0.39 is 0 Å². The van der Waals surface area contributed by atoms with Gasteiger partial charge < -0.3 is 16.4 Å². The molecule has 148 valence electrons. The number of nitrogens with two attached hydrogens (primary N) is 1. The lowest BCUT2D eigenvalue weighted by atomic mass is 9.97. The lowest BCUT2D eigenvalue weighted by Gasteiger charge is -2.12. The van der Waals surface area contributed by atoms with Crippen LogP contribution >= 0.6 is 0 Å². The summed E-state index contributed by atoms with van der Waals surface area (Å²) >= 11 is 0. The zero-order chi connectivity index (χ0) is 20.8. The molecule has 0 bridgehead atoms. The number of aliphatic imine (C=N–C) groups is 1. The van der Waals surface area contributed by atoms with Gasteiger partial charge in [-0.2, -0.15) is 0 Å². The molecule has 1 amide bonds. The third-order valence-corrected chi connectivity index (χ3v) is 4.67. The van der Waals surface area contributed by atoms with Crippen LogP contribution < -0.4 is 16.4 Å². The molecule has 0 radical (unpaired) electrons. The SMILES string of the molecule is CN=C(N)Nc1ccc(C)c(NC(=O)c2ccc(C(=O)C3=CCCC=C3)cc2)c1. The van der Waals surface area contributed by atoms with E-state index in [0.29, 0.717) is 22.4 Å². The summed E-state index contributed by atoms with van der Waals surface area (Å²) in [4.78, 5) is 29.0.